The highest BCUT2D eigenvalue weighted by Gasteiger charge is 2.38. The van der Waals surface area contributed by atoms with Crippen LogP contribution in [0.3, 0.4) is 0 Å². The Bertz CT molecular complexity index is 584. The number of hydrogen-bond acceptors (Lipinski definition) is 4. The Morgan fingerprint density at radius 2 is 1.92 bits per heavy atom. The predicted molar refractivity (Wildman–Crippen MR) is 103 cm³/mol. The van der Waals surface area contributed by atoms with Crippen molar-refractivity contribution in [1.82, 2.24) is 10.2 Å². The zero-order chi connectivity index (χ0) is 17.8. The highest BCUT2D eigenvalue weighted by atomic mass is 16.5. The van der Waals surface area contributed by atoms with E-state index in [0.29, 0.717) is 12.0 Å². The second-order valence-electron chi connectivity index (χ2n) is 8.00. The van der Waals surface area contributed by atoms with Crippen molar-refractivity contribution in [2.75, 3.05) is 38.2 Å². The maximum atomic E-state index is 12.6. The van der Waals surface area contributed by atoms with Gasteiger partial charge in [0, 0.05) is 31.4 Å². The number of carbonyl (C=O) groups excluding carboxylic acids is 1. The van der Waals surface area contributed by atoms with Crippen LogP contribution in [0.2, 0.25) is 0 Å². The Morgan fingerprint density at radius 3 is 2.69 bits per heavy atom. The van der Waals surface area contributed by atoms with Crippen molar-refractivity contribution in [3.05, 3.63) is 29.8 Å². The van der Waals surface area contributed by atoms with Gasteiger partial charge >= 0.3 is 0 Å². The van der Waals surface area contributed by atoms with E-state index in [1.165, 1.54) is 31.2 Å². The van der Waals surface area contributed by atoms with Crippen LogP contribution in [0.5, 0.6) is 0 Å². The van der Waals surface area contributed by atoms with E-state index in [0.717, 1.165) is 51.4 Å². The van der Waals surface area contributed by atoms with E-state index in [-0.39, 0.29) is 11.9 Å². The molecule has 2 heterocycles. The van der Waals surface area contributed by atoms with Gasteiger partial charge in [0.25, 0.3) is 0 Å². The van der Waals surface area contributed by atoms with Gasteiger partial charge in [-0.25, -0.2) is 0 Å². The smallest absolute Gasteiger partial charge is 0.241 e. The lowest BCUT2D eigenvalue weighted by molar-refractivity contribution is -0.117. The first kappa shape index (κ1) is 18.0. The van der Waals surface area contributed by atoms with E-state index in [2.05, 4.69) is 27.7 Å². The lowest BCUT2D eigenvalue weighted by Crippen LogP contribution is -2.39. The number of anilines is 1. The van der Waals surface area contributed by atoms with Gasteiger partial charge in [0.05, 0.1) is 19.3 Å². The summed E-state index contributed by atoms with van der Waals surface area (Å²) in [6.45, 7) is 4.84. The van der Waals surface area contributed by atoms with Gasteiger partial charge in [0.1, 0.15) is 0 Å². The zero-order valence-electron chi connectivity index (χ0n) is 15.6. The van der Waals surface area contributed by atoms with Crippen molar-refractivity contribution in [3.8, 4) is 0 Å². The van der Waals surface area contributed by atoms with Gasteiger partial charge in [-0.2, -0.15) is 0 Å². The molecule has 2 aliphatic heterocycles. The van der Waals surface area contributed by atoms with E-state index < -0.39 is 0 Å². The number of hydrogen-bond donors (Lipinski definition) is 2. The summed E-state index contributed by atoms with van der Waals surface area (Å²) < 4.78 is 5.39. The Labute approximate surface area is 156 Å². The molecule has 26 heavy (non-hydrogen) atoms. The van der Waals surface area contributed by atoms with Crippen molar-refractivity contribution in [2.24, 2.45) is 5.92 Å². The first-order valence-electron chi connectivity index (χ1n) is 10.2. The molecular formula is C21H31N3O2. The first-order chi connectivity index (χ1) is 12.8. The Hall–Kier alpha value is -1.43. The van der Waals surface area contributed by atoms with Crippen LogP contribution in [-0.4, -0.2) is 55.7 Å². The Balaban J connectivity index is 1.25. The quantitative estimate of drug-likeness (QED) is 0.850. The molecule has 1 saturated carbocycles. The minimum Gasteiger partial charge on any atom is -0.379 e. The number of nitrogens with one attached hydrogen (secondary N) is 2. The lowest BCUT2D eigenvalue weighted by Gasteiger charge is -2.26. The van der Waals surface area contributed by atoms with Gasteiger partial charge in [0.2, 0.25) is 5.91 Å². The van der Waals surface area contributed by atoms with Crippen molar-refractivity contribution in [3.63, 3.8) is 0 Å². The molecule has 2 saturated heterocycles. The molecule has 3 atom stereocenters. The van der Waals surface area contributed by atoms with Gasteiger partial charge in [-0.3, -0.25) is 9.69 Å². The predicted octanol–water partition coefficient (Wildman–Crippen LogP) is 2.42. The van der Waals surface area contributed by atoms with E-state index in [9.17, 15) is 4.79 Å². The van der Waals surface area contributed by atoms with Gasteiger partial charge in [-0.1, -0.05) is 25.0 Å². The molecule has 5 heteroatoms. The molecule has 2 N–H and O–H groups in total. The van der Waals surface area contributed by atoms with Gasteiger partial charge < -0.3 is 15.4 Å². The second kappa shape index (κ2) is 8.51. The average molecular weight is 357 g/mol. The molecule has 0 bridgehead atoms. The van der Waals surface area contributed by atoms with E-state index in [1.54, 1.807) is 0 Å². The van der Waals surface area contributed by atoms with Crippen molar-refractivity contribution in [1.29, 1.82) is 0 Å². The highest BCUT2D eigenvalue weighted by Crippen LogP contribution is 2.33. The largest absolute Gasteiger partial charge is 0.379 e. The third-order valence-corrected chi connectivity index (χ3v) is 6.22. The molecule has 0 radical (unpaired) electrons. The van der Waals surface area contributed by atoms with Crippen LogP contribution in [-0.2, 0) is 16.0 Å². The summed E-state index contributed by atoms with van der Waals surface area (Å²) in [5, 5.41) is 6.65. The summed E-state index contributed by atoms with van der Waals surface area (Å²) in [6.07, 6.45) is 7.17. The normalized spacial score (nSPS) is 29.3. The number of morpholine rings is 1. The van der Waals surface area contributed by atoms with Gasteiger partial charge in [0.15, 0.2) is 0 Å². The zero-order valence-corrected chi connectivity index (χ0v) is 15.6. The molecule has 0 aromatic heterocycles. The summed E-state index contributed by atoms with van der Waals surface area (Å²) in [6, 6.07) is 8.88. The molecule has 4 rings (SSSR count). The number of amides is 1. The molecule has 1 aromatic carbocycles. The van der Waals surface area contributed by atoms with Crippen LogP contribution in [0.1, 0.15) is 37.7 Å². The monoisotopic (exact) mass is 357 g/mol. The van der Waals surface area contributed by atoms with Gasteiger partial charge in [-0.15, -0.1) is 0 Å². The van der Waals surface area contributed by atoms with Crippen LogP contribution in [0.25, 0.3) is 0 Å². The summed E-state index contributed by atoms with van der Waals surface area (Å²) in [4.78, 5) is 15.0. The number of rotatable bonds is 5. The number of nitrogens with zero attached hydrogens (tertiary/aromatic N) is 1. The molecule has 3 fully saturated rings. The van der Waals surface area contributed by atoms with Crippen molar-refractivity contribution in [2.45, 2.75) is 50.6 Å². The maximum absolute atomic E-state index is 12.6. The molecule has 1 amide bonds. The SMILES string of the molecule is O=C(Nc1ccc(CCN2CCOCC2)cc1)C1CC2CCCCC2N1. The minimum absolute atomic E-state index is 0.0240. The Kier molecular flexibility index (Phi) is 5.88. The molecule has 3 aliphatic rings. The molecule has 1 aromatic rings. The summed E-state index contributed by atoms with van der Waals surface area (Å²) >= 11 is 0. The number of fused-ring (bicyclic) bond motifs is 1. The molecule has 3 unspecified atom stereocenters. The topological polar surface area (TPSA) is 53.6 Å². The molecule has 0 spiro atoms. The fourth-order valence-corrected chi connectivity index (χ4v) is 4.62. The minimum atomic E-state index is -0.0240. The average Bonchev–Trinajstić information content (AvgIpc) is 3.13. The molecule has 142 valence electrons. The van der Waals surface area contributed by atoms with E-state index in [1.807, 2.05) is 12.1 Å². The van der Waals surface area contributed by atoms with E-state index in [4.69, 9.17) is 4.74 Å². The third-order valence-electron chi connectivity index (χ3n) is 6.22. The second-order valence-corrected chi connectivity index (χ2v) is 8.00. The highest BCUT2D eigenvalue weighted by molar-refractivity contribution is 5.95. The van der Waals surface area contributed by atoms with Crippen LogP contribution in [0.15, 0.2) is 24.3 Å². The van der Waals surface area contributed by atoms with Crippen LogP contribution in [0, 0.1) is 5.92 Å². The fourth-order valence-electron chi connectivity index (χ4n) is 4.62. The van der Waals surface area contributed by atoms with Crippen LogP contribution in [0.4, 0.5) is 5.69 Å². The Morgan fingerprint density at radius 1 is 1.15 bits per heavy atom. The third kappa shape index (κ3) is 4.45. The lowest BCUT2D eigenvalue weighted by atomic mass is 9.85. The van der Waals surface area contributed by atoms with Crippen LogP contribution < -0.4 is 10.6 Å². The number of ether oxygens (including phenoxy) is 1. The number of benzene rings is 1. The van der Waals surface area contributed by atoms with E-state index >= 15 is 0 Å². The molecule has 1 aliphatic carbocycles. The van der Waals surface area contributed by atoms with Gasteiger partial charge in [-0.05, 0) is 49.3 Å². The fraction of sp³-hybridized carbons (Fsp3) is 0.667. The van der Waals surface area contributed by atoms with Crippen LogP contribution >= 0.6 is 0 Å². The summed E-state index contributed by atoms with van der Waals surface area (Å²) in [7, 11) is 0. The summed E-state index contributed by atoms with van der Waals surface area (Å²) in [5.41, 5.74) is 2.22. The van der Waals surface area contributed by atoms with Crippen molar-refractivity contribution < 1.29 is 9.53 Å². The first-order valence-corrected chi connectivity index (χ1v) is 10.2. The maximum Gasteiger partial charge on any atom is 0.241 e. The number of carbonyl (C=O) groups is 1. The molecule has 5 nitrogen and oxygen atoms in total. The van der Waals surface area contributed by atoms with Crippen molar-refractivity contribution >= 4 is 11.6 Å². The standard InChI is InChI=1S/C21H31N3O2/c25-21(20-15-17-3-1-2-4-19(17)23-20)22-18-7-5-16(6-8-18)9-10-24-11-13-26-14-12-24/h5-8,17,19-20,23H,1-4,9-15H2,(H,22,25). The summed E-state index contributed by atoms with van der Waals surface area (Å²) in [5.74, 6) is 0.822. The molecular weight excluding hydrogens is 326 g/mol.